The highest BCUT2D eigenvalue weighted by Gasteiger charge is 2.41. The van der Waals surface area contributed by atoms with Crippen molar-refractivity contribution >= 4 is 5.91 Å². The number of amides is 1. The second-order valence-electron chi connectivity index (χ2n) is 6.78. The van der Waals surface area contributed by atoms with Gasteiger partial charge in [-0.1, -0.05) is 6.07 Å². The number of aryl methyl sites for hydroxylation is 1. The van der Waals surface area contributed by atoms with Crippen LogP contribution in [0.1, 0.15) is 37.6 Å². The zero-order valence-electron chi connectivity index (χ0n) is 13.1. The molecule has 1 atom stereocenters. The van der Waals surface area contributed by atoms with Crippen LogP contribution in [0, 0.1) is 12.3 Å². The minimum absolute atomic E-state index is 0.230. The van der Waals surface area contributed by atoms with E-state index in [1.165, 1.54) is 12.8 Å². The second kappa shape index (κ2) is 5.76. The molecule has 1 aromatic rings. The van der Waals surface area contributed by atoms with Crippen LogP contribution in [0.25, 0.3) is 0 Å². The number of nitrogens with zero attached hydrogens (tertiary/aromatic N) is 3. The summed E-state index contributed by atoms with van der Waals surface area (Å²) in [5.74, 6) is 0.230. The molecule has 2 aliphatic rings. The lowest BCUT2D eigenvalue weighted by atomic mass is 9.79. The van der Waals surface area contributed by atoms with Gasteiger partial charge in [0.05, 0.1) is 5.69 Å². The molecule has 3 rings (SSSR count). The number of carbonyl (C=O) groups excluding carboxylic acids is 1. The maximum Gasteiger partial charge on any atom is 0.219 e. The molecule has 21 heavy (non-hydrogen) atoms. The minimum atomic E-state index is 0.230. The normalized spacial score (nSPS) is 26.5. The van der Waals surface area contributed by atoms with E-state index in [2.05, 4.69) is 22.0 Å². The lowest BCUT2D eigenvalue weighted by Gasteiger charge is -2.40. The van der Waals surface area contributed by atoms with Crippen molar-refractivity contribution in [3.8, 4) is 0 Å². The molecule has 0 N–H and O–H groups in total. The van der Waals surface area contributed by atoms with E-state index in [-0.39, 0.29) is 5.91 Å². The van der Waals surface area contributed by atoms with E-state index in [0.717, 1.165) is 50.5 Å². The van der Waals surface area contributed by atoms with Gasteiger partial charge >= 0.3 is 0 Å². The first-order valence-corrected chi connectivity index (χ1v) is 7.97. The lowest BCUT2D eigenvalue weighted by Crippen LogP contribution is -2.46. The number of likely N-dealkylation sites (tertiary alicyclic amines) is 2. The summed E-state index contributed by atoms with van der Waals surface area (Å²) in [5.41, 5.74) is 2.57. The number of hydrogen-bond acceptors (Lipinski definition) is 3. The Balaban J connectivity index is 1.63. The monoisotopic (exact) mass is 287 g/mol. The van der Waals surface area contributed by atoms with E-state index < -0.39 is 0 Å². The van der Waals surface area contributed by atoms with Gasteiger partial charge in [-0.15, -0.1) is 0 Å². The van der Waals surface area contributed by atoms with Crippen molar-refractivity contribution in [3.05, 3.63) is 29.6 Å². The molecule has 0 unspecified atom stereocenters. The Morgan fingerprint density at radius 2 is 2.14 bits per heavy atom. The van der Waals surface area contributed by atoms with E-state index in [4.69, 9.17) is 0 Å². The molecule has 0 bridgehead atoms. The van der Waals surface area contributed by atoms with Crippen LogP contribution in [0.15, 0.2) is 18.2 Å². The summed E-state index contributed by atoms with van der Waals surface area (Å²) in [6.45, 7) is 8.79. The van der Waals surface area contributed by atoms with Crippen LogP contribution in [-0.2, 0) is 11.3 Å². The van der Waals surface area contributed by atoms with E-state index in [1.807, 2.05) is 17.9 Å². The molecule has 0 aromatic carbocycles. The van der Waals surface area contributed by atoms with Crippen LogP contribution in [0.2, 0.25) is 0 Å². The Hall–Kier alpha value is -1.42. The van der Waals surface area contributed by atoms with Crippen molar-refractivity contribution in [2.75, 3.05) is 26.2 Å². The molecule has 114 valence electrons. The molecule has 0 saturated carbocycles. The van der Waals surface area contributed by atoms with Crippen molar-refractivity contribution in [1.29, 1.82) is 0 Å². The third-order valence-electron chi connectivity index (χ3n) is 4.96. The lowest BCUT2D eigenvalue weighted by molar-refractivity contribution is -0.132. The Kier molecular flexibility index (Phi) is 3.98. The molecule has 2 aliphatic heterocycles. The van der Waals surface area contributed by atoms with Gasteiger partial charge in [-0.25, -0.2) is 0 Å². The van der Waals surface area contributed by atoms with Crippen LogP contribution in [0.3, 0.4) is 0 Å². The molecule has 1 amide bonds. The highest BCUT2D eigenvalue weighted by molar-refractivity contribution is 5.73. The van der Waals surface area contributed by atoms with Gasteiger partial charge in [-0.3, -0.25) is 14.7 Å². The Morgan fingerprint density at radius 3 is 2.90 bits per heavy atom. The number of hydrogen-bond donors (Lipinski definition) is 0. The fourth-order valence-corrected chi connectivity index (χ4v) is 3.89. The van der Waals surface area contributed by atoms with Crippen molar-refractivity contribution in [1.82, 2.24) is 14.8 Å². The molecule has 3 heterocycles. The summed E-state index contributed by atoms with van der Waals surface area (Å²) in [4.78, 5) is 20.8. The average molecular weight is 287 g/mol. The van der Waals surface area contributed by atoms with Crippen LogP contribution >= 0.6 is 0 Å². The fraction of sp³-hybridized carbons (Fsp3) is 0.647. The fourth-order valence-electron chi connectivity index (χ4n) is 3.89. The molecular weight excluding hydrogens is 262 g/mol. The van der Waals surface area contributed by atoms with Gasteiger partial charge in [0.15, 0.2) is 0 Å². The maximum atomic E-state index is 11.7. The van der Waals surface area contributed by atoms with E-state index in [0.29, 0.717) is 5.41 Å². The number of pyridine rings is 1. The zero-order valence-corrected chi connectivity index (χ0v) is 13.1. The number of aromatic nitrogens is 1. The van der Waals surface area contributed by atoms with Gasteiger partial charge in [-0.05, 0) is 44.9 Å². The van der Waals surface area contributed by atoms with Crippen molar-refractivity contribution in [2.45, 2.75) is 39.7 Å². The van der Waals surface area contributed by atoms with E-state index >= 15 is 0 Å². The third-order valence-corrected chi connectivity index (χ3v) is 4.96. The minimum Gasteiger partial charge on any atom is -0.342 e. The zero-order chi connectivity index (χ0) is 14.9. The van der Waals surface area contributed by atoms with Gasteiger partial charge in [0, 0.05) is 44.2 Å². The topological polar surface area (TPSA) is 36.4 Å². The third kappa shape index (κ3) is 3.26. The predicted molar refractivity (Wildman–Crippen MR) is 82.8 cm³/mol. The van der Waals surface area contributed by atoms with E-state index in [1.54, 1.807) is 6.92 Å². The molecule has 0 aliphatic carbocycles. The predicted octanol–water partition coefficient (Wildman–Crippen LogP) is 2.22. The first kappa shape index (κ1) is 14.5. The van der Waals surface area contributed by atoms with Gasteiger partial charge in [0.2, 0.25) is 5.91 Å². The molecule has 1 spiro atoms. The van der Waals surface area contributed by atoms with E-state index in [9.17, 15) is 4.79 Å². The quantitative estimate of drug-likeness (QED) is 0.837. The van der Waals surface area contributed by atoms with Gasteiger partial charge < -0.3 is 4.90 Å². The van der Waals surface area contributed by atoms with Crippen LogP contribution < -0.4 is 0 Å². The maximum absolute atomic E-state index is 11.7. The largest absolute Gasteiger partial charge is 0.342 e. The summed E-state index contributed by atoms with van der Waals surface area (Å²) in [5, 5.41) is 0. The average Bonchev–Trinajstić information content (AvgIpc) is 2.81. The Morgan fingerprint density at radius 1 is 1.29 bits per heavy atom. The smallest absolute Gasteiger partial charge is 0.219 e. The van der Waals surface area contributed by atoms with Crippen LogP contribution in [-0.4, -0.2) is 46.9 Å². The summed E-state index contributed by atoms with van der Waals surface area (Å²) in [7, 11) is 0. The van der Waals surface area contributed by atoms with Gasteiger partial charge in [0.25, 0.3) is 0 Å². The summed E-state index contributed by atoms with van der Waals surface area (Å²) in [6.07, 6.45) is 3.62. The van der Waals surface area contributed by atoms with Gasteiger partial charge in [-0.2, -0.15) is 0 Å². The first-order valence-electron chi connectivity index (χ1n) is 7.97. The number of piperidine rings is 1. The molecule has 4 nitrogen and oxygen atoms in total. The van der Waals surface area contributed by atoms with Crippen LogP contribution in [0.4, 0.5) is 0 Å². The second-order valence-corrected chi connectivity index (χ2v) is 6.78. The summed E-state index contributed by atoms with van der Waals surface area (Å²) in [6, 6.07) is 6.24. The summed E-state index contributed by atoms with van der Waals surface area (Å²) < 4.78 is 0. The molecule has 2 saturated heterocycles. The SMILES string of the molecule is CC(=O)N1CCC[C@]2(CCN(Cc3cccc(C)n3)C2)C1. The molecular formula is C17H25N3O. The standard InChI is InChI=1S/C17H25N3O/c1-14-5-3-6-16(18-14)11-19-10-8-17(12-19)7-4-9-20(13-17)15(2)21/h3,5-6H,4,7-13H2,1-2H3/t17-/m1/s1. The highest BCUT2D eigenvalue weighted by atomic mass is 16.2. The van der Waals surface area contributed by atoms with Crippen LogP contribution in [0.5, 0.6) is 0 Å². The highest BCUT2D eigenvalue weighted by Crippen LogP contribution is 2.39. The molecule has 2 fully saturated rings. The van der Waals surface area contributed by atoms with Crippen molar-refractivity contribution in [3.63, 3.8) is 0 Å². The van der Waals surface area contributed by atoms with Crippen molar-refractivity contribution in [2.24, 2.45) is 5.41 Å². The summed E-state index contributed by atoms with van der Waals surface area (Å²) >= 11 is 0. The number of rotatable bonds is 2. The molecule has 0 radical (unpaired) electrons. The Labute approximate surface area is 127 Å². The van der Waals surface area contributed by atoms with Gasteiger partial charge in [0.1, 0.15) is 0 Å². The first-order chi connectivity index (χ1) is 10.1. The molecule has 1 aromatic heterocycles. The number of carbonyl (C=O) groups is 1. The van der Waals surface area contributed by atoms with Crippen molar-refractivity contribution < 1.29 is 4.79 Å². The Bertz CT molecular complexity index is 531. The molecule has 4 heteroatoms.